The number of carbonyl (C=O) groups is 1. The van der Waals surface area contributed by atoms with Gasteiger partial charge in [-0.05, 0) is 47.5 Å². The van der Waals surface area contributed by atoms with Gasteiger partial charge < -0.3 is 8.98 Å². The summed E-state index contributed by atoms with van der Waals surface area (Å²) in [5.41, 5.74) is 5.04. The van der Waals surface area contributed by atoms with Crippen LogP contribution in [0, 0.1) is 11.3 Å². The molecule has 0 amide bonds. The third-order valence-corrected chi connectivity index (χ3v) is 5.39. The monoisotopic (exact) mass is 437 g/mol. The minimum Gasteiger partial charge on any atom is -0.436 e. The lowest BCUT2D eigenvalue weighted by Gasteiger charge is -2.10. The fourth-order valence-electron chi connectivity index (χ4n) is 3.81. The zero-order chi connectivity index (χ0) is 22.9. The molecule has 0 aliphatic carbocycles. The summed E-state index contributed by atoms with van der Waals surface area (Å²) in [6.45, 7) is -0.765. The molecule has 0 aliphatic heterocycles. The van der Waals surface area contributed by atoms with Gasteiger partial charge >= 0.3 is 0 Å². The van der Waals surface area contributed by atoms with Crippen LogP contribution in [0.2, 0.25) is 0 Å². The Bertz CT molecular complexity index is 1560. The number of hydrogen-bond acceptors (Lipinski definition) is 6. The Balaban J connectivity index is 1.65. The van der Waals surface area contributed by atoms with Crippen molar-refractivity contribution < 1.29 is 13.6 Å². The fourth-order valence-corrected chi connectivity index (χ4v) is 3.81. The van der Waals surface area contributed by atoms with Crippen LogP contribution in [0.15, 0.2) is 65.3 Å². The molecule has 0 fully saturated rings. The van der Waals surface area contributed by atoms with E-state index in [1.165, 1.54) is 6.07 Å². The highest BCUT2D eigenvalue weighted by atomic mass is 19.1. The summed E-state index contributed by atoms with van der Waals surface area (Å²) in [7, 11) is 1.84. The maximum Gasteiger partial charge on any atom is 0.227 e. The summed E-state index contributed by atoms with van der Waals surface area (Å²) < 4.78 is 21.2. The number of rotatable bonds is 5. The van der Waals surface area contributed by atoms with E-state index in [9.17, 15) is 14.4 Å². The second kappa shape index (κ2) is 8.13. The van der Waals surface area contributed by atoms with Crippen LogP contribution in [0.3, 0.4) is 0 Å². The molecule has 0 aliphatic rings. The maximum absolute atomic E-state index is 13.5. The van der Waals surface area contributed by atoms with E-state index in [0.29, 0.717) is 45.8 Å². The van der Waals surface area contributed by atoms with E-state index in [-0.39, 0.29) is 5.56 Å². The van der Waals surface area contributed by atoms with Gasteiger partial charge in [0.15, 0.2) is 11.4 Å². The van der Waals surface area contributed by atoms with E-state index in [4.69, 9.17) is 4.42 Å². The molecule has 2 aromatic heterocycles. The molecule has 0 N–H and O–H groups in total. The Hall–Kier alpha value is -4.64. The van der Waals surface area contributed by atoms with Crippen molar-refractivity contribution in [1.82, 2.24) is 19.7 Å². The van der Waals surface area contributed by atoms with Crippen LogP contribution in [-0.2, 0) is 13.7 Å². The average molecular weight is 437 g/mol. The van der Waals surface area contributed by atoms with Gasteiger partial charge in [0.1, 0.15) is 24.8 Å². The molecule has 2 heterocycles. The third kappa shape index (κ3) is 3.55. The van der Waals surface area contributed by atoms with Gasteiger partial charge in [-0.1, -0.05) is 18.2 Å². The van der Waals surface area contributed by atoms with Crippen molar-refractivity contribution in [2.75, 3.05) is 0 Å². The molecule has 33 heavy (non-hydrogen) atoms. The summed E-state index contributed by atoms with van der Waals surface area (Å²) in [4.78, 5) is 15.7. The predicted molar refractivity (Wildman–Crippen MR) is 120 cm³/mol. The van der Waals surface area contributed by atoms with Gasteiger partial charge in [-0.15, -0.1) is 10.2 Å². The van der Waals surface area contributed by atoms with Gasteiger partial charge in [0.25, 0.3) is 0 Å². The van der Waals surface area contributed by atoms with Gasteiger partial charge in [-0.25, -0.2) is 9.37 Å². The molecule has 5 rings (SSSR count). The molecule has 0 atom stereocenters. The summed E-state index contributed by atoms with van der Waals surface area (Å²) in [5, 5.41) is 17.5. The lowest BCUT2D eigenvalue weighted by Crippen LogP contribution is -1.95. The van der Waals surface area contributed by atoms with Crippen LogP contribution in [0.1, 0.15) is 21.5 Å². The van der Waals surface area contributed by atoms with Crippen LogP contribution in [-0.4, -0.2) is 26.0 Å². The standard InChI is InChI=1S/C25H16FN5O2/c1-31-14-28-30-24(31)21-8-15(12-27)5-6-20(21)17-3-2-4-18(10-17)25-29-22-9-16(13-32)7-19(11-26)23(22)33-25/h2-10,13-14H,11H2,1H3. The fraction of sp³-hybridized carbons (Fsp3) is 0.0800. The van der Waals surface area contributed by atoms with Crippen molar-refractivity contribution in [2.45, 2.75) is 6.67 Å². The molecule has 0 saturated heterocycles. The van der Waals surface area contributed by atoms with Crippen LogP contribution < -0.4 is 0 Å². The smallest absolute Gasteiger partial charge is 0.227 e. The zero-order valence-electron chi connectivity index (χ0n) is 17.5. The minimum atomic E-state index is -0.765. The van der Waals surface area contributed by atoms with Crippen molar-refractivity contribution in [3.8, 4) is 40.0 Å². The second-order valence-electron chi connectivity index (χ2n) is 7.52. The first-order valence-corrected chi connectivity index (χ1v) is 10.0. The van der Waals surface area contributed by atoms with E-state index >= 15 is 0 Å². The summed E-state index contributed by atoms with van der Waals surface area (Å²) >= 11 is 0. The zero-order valence-corrected chi connectivity index (χ0v) is 17.5. The van der Waals surface area contributed by atoms with Crippen molar-refractivity contribution in [1.29, 1.82) is 5.26 Å². The largest absolute Gasteiger partial charge is 0.436 e. The molecule has 0 unspecified atom stereocenters. The molecular weight excluding hydrogens is 421 g/mol. The molecule has 0 bridgehead atoms. The summed E-state index contributed by atoms with van der Waals surface area (Å²) in [6, 6.07) is 18.1. The number of halogens is 1. The molecule has 0 saturated carbocycles. The SMILES string of the molecule is Cn1cnnc1-c1cc(C#N)ccc1-c1cccc(-c2nc3cc(C=O)cc(CF)c3o2)c1. The first-order chi connectivity index (χ1) is 16.1. The second-order valence-corrected chi connectivity index (χ2v) is 7.52. The molecular formula is C25H16FN5O2. The Morgan fingerprint density at radius 1 is 1.12 bits per heavy atom. The van der Waals surface area contributed by atoms with Gasteiger partial charge in [-0.2, -0.15) is 5.26 Å². The number of nitrogens with zero attached hydrogens (tertiary/aromatic N) is 5. The average Bonchev–Trinajstić information content (AvgIpc) is 3.49. The van der Waals surface area contributed by atoms with Gasteiger partial charge in [0.2, 0.25) is 5.89 Å². The van der Waals surface area contributed by atoms with Crippen molar-refractivity contribution in [2.24, 2.45) is 7.05 Å². The van der Waals surface area contributed by atoms with E-state index in [2.05, 4.69) is 21.3 Å². The Morgan fingerprint density at radius 2 is 1.97 bits per heavy atom. The first kappa shape index (κ1) is 20.3. The van der Waals surface area contributed by atoms with Gasteiger partial charge in [0.05, 0.1) is 11.6 Å². The van der Waals surface area contributed by atoms with Gasteiger partial charge in [-0.3, -0.25) is 4.79 Å². The van der Waals surface area contributed by atoms with Crippen LogP contribution in [0.25, 0.3) is 45.1 Å². The normalized spacial score (nSPS) is 10.9. The highest BCUT2D eigenvalue weighted by Gasteiger charge is 2.17. The predicted octanol–water partition coefficient (Wildman–Crippen LogP) is 5.11. The quantitative estimate of drug-likeness (QED) is 0.354. The number of aldehydes is 1. The lowest BCUT2D eigenvalue weighted by molar-refractivity contribution is 0.112. The number of nitriles is 1. The number of benzene rings is 3. The molecule has 5 aromatic rings. The number of hydrogen-bond donors (Lipinski definition) is 0. The molecule has 3 aromatic carbocycles. The van der Waals surface area contributed by atoms with Crippen molar-refractivity contribution >= 4 is 17.4 Å². The van der Waals surface area contributed by atoms with Crippen molar-refractivity contribution in [3.05, 3.63) is 77.6 Å². The number of aryl methyl sites for hydroxylation is 1. The van der Waals surface area contributed by atoms with Crippen molar-refractivity contribution in [3.63, 3.8) is 0 Å². The summed E-state index contributed by atoms with van der Waals surface area (Å²) in [6.07, 6.45) is 2.26. The summed E-state index contributed by atoms with van der Waals surface area (Å²) in [5.74, 6) is 0.946. The molecule has 0 radical (unpaired) electrons. The molecule has 160 valence electrons. The highest BCUT2D eigenvalue weighted by Crippen LogP contribution is 2.35. The van der Waals surface area contributed by atoms with E-state index in [1.54, 1.807) is 29.1 Å². The first-order valence-electron chi connectivity index (χ1n) is 10.0. The van der Waals surface area contributed by atoms with Crippen LogP contribution in [0.5, 0.6) is 0 Å². The number of fused-ring (bicyclic) bond motifs is 1. The Morgan fingerprint density at radius 3 is 2.70 bits per heavy atom. The minimum absolute atomic E-state index is 0.279. The lowest BCUT2D eigenvalue weighted by atomic mass is 9.96. The number of alkyl halides is 1. The van der Waals surface area contributed by atoms with E-state index in [0.717, 1.165) is 16.7 Å². The van der Waals surface area contributed by atoms with Gasteiger partial charge in [0, 0.05) is 29.3 Å². The Kier molecular flexibility index (Phi) is 4.99. The number of oxazole rings is 1. The molecule has 0 spiro atoms. The maximum atomic E-state index is 13.5. The van der Waals surface area contributed by atoms with Crippen LogP contribution in [0.4, 0.5) is 4.39 Å². The highest BCUT2D eigenvalue weighted by molar-refractivity contribution is 5.88. The number of aromatic nitrogens is 4. The van der Waals surface area contributed by atoms with E-state index < -0.39 is 6.67 Å². The molecule has 8 heteroatoms. The Labute approximate surface area is 187 Å². The third-order valence-electron chi connectivity index (χ3n) is 5.39. The topological polar surface area (TPSA) is 97.6 Å². The van der Waals surface area contributed by atoms with Crippen LogP contribution >= 0.6 is 0 Å². The van der Waals surface area contributed by atoms with E-state index in [1.807, 2.05) is 37.4 Å². The molecule has 7 nitrogen and oxygen atoms in total. The number of carbonyl (C=O) groups excluding carboxylic acids is 1.